The molecular weight excluding hydrogens is 606 g/mol. The molecule has 0 amide bonds. The lowest BCUT2D eigenvalue weighted by Gasteiger charge is -2.16. The summed E-state index contributed by atoms with van der Waals surface area (Å²) in [5.74, 6) is 6.65. The molecule has 0 radical (unpaired) electrons. The van der Waals surface area contributed by atoms with Crippen LogP contribution in [0, 0.1) is 0 Å². The van der Waals surface area contributed by atoms with Crippen molar-refractivity contribution in [1.82, 2.24) is 5.01 Å². The zero-order valence-corrected chi connectivity index (χ0v) is 26.8. The first-order valence-corrected chi connectivity index (χ1v) is 15.4. The van der Waals surface area contributed by atoms with Crippen LogP contribution in [0.25, 0.3) is 22.3 Å². The second-order valence-electron chi connectivity index (χ2n) is 9.11. The normalized spacial score (nSPS) is 11.3. The molecule has 2 aromatic carbocycles. The van der Waals surface area contributed by atoms with Crippen molar-refractivity contribution in [2.24, 2.45) is 11.6 Å². The fourth-order valence-electron chi connectivity index (χ4n) is 3.74. The van der Waals surface area contributed by atoms with Gasteiger partial charge in [0, 0.05) is 23.7 Å². The predicted octanol–water partition coefficient (Wildman–Crippen LogP) is 3.87. The number of phenols is 1. The second-order valence-corrected chi connectivity index (χ2v) is 9.49. The number of rotatable bonds is 22. The largest absolute Gasteiger partial charge is 0.504 e. The van der Waals surface area contributed by atoms with Crippen LogP contribution in [-0.2, 0) is 23.7 Å². The summed E-state index contributed by atoms with van der Waals surface area (Å²) in [7, 11) is 0. The van der Waals surface area contributed by atoms with Gasteiger partial charge in [-0.2, -0.15) is 0 Å². The highest BCUT2D eigenvalue weighted by Gasteiger charge is 2.16. The molecule has 3 aromatic rings. The summed E-state index contributed by atoms with van der Waals surface area (Å²) in [5, 5.41) is 12.1. The molecule has 0 aliphatic carbocycles. The van der Waals surface area contributed by atoms with E-state index in [9.17, 15) is 9.90 Å². The smallest absolute Gasteiger partial charge is 0.205 e. The van der Waals surface area contributed by atoms with Crippen LogP contribution in [0.5, 0.6) is 11.5 Å². The van der Waals surface area contributed by atoms with E-state index in [0.717, 1.165) is 5.56 Å². The van der Waals surface area contributed by atoms with E-state index in [1.165, 1.54) is 29.4 Å². The molecule has 1 heterocycles. The summed E-state index contributed by atoms with van der Waals surface area (Å²) >= 11 is 5.51. The van der Waals surface area contributed by atoms with Gasteiger partial charge in [-0.15, -0.1) is 11.6 Å². The Morgan fingerprint density at radius 1 is 0.867 bits per heavy atom. The quantitative estimate of drug-likeness (QED) is 0.0623. The number of ether oxygens (including phenoxy) is 6. The van der Waals surface area contributed by atoms with Gasteiger partial charge >= 0.3 is 0 Å². The zero-order chi connectivity index (χ0) is 32.7. The van der Waals surface area contributed by atoms with Gasteiger partial charge in [0.25, 0.3) is 0 Å². The summed E-state index contributed by atoms with van der Waals surface area (Å²) in [6.07, 6.45) is 1.50. The molecule has 0 bridgehead atoms. The van der Waals surface area contributed by atoms with Gasteiger partial charge in [-0.3, -0.25) is 4.79 Å². The third-order valence-corrected chi connectivity index (χ3v) is 5.96. The number of nitrogens with two attached hydrogens (primary N) is 2. The Kier molecular flexibility index (Phi) is 19.4. The molecule has 250 valence electrons. The van der Waals surface area contributed by atoms with Gasteiger partial charge in [0.15, 0.2) is 16.8 Å². The Morgan fingerprint density at radius 3 is 2.00 bits per heavy atom. The van der Waals surface area contributed by atoms with Crippen molar-refractivity contribution < 1.29 is 37.9 Å². The molecule has 0 spiro atoms. The van der Waals surface area contributed by atoms with Crippen LogP contribution in [0.3, 0.4) is 0 Å². The molecular formula is C32H46ClN3O9. The van der Waals surface area contributed by atoms with Crippen molar-refractivity contribution in [1.29, 1.82) is 0 Å². The molecule has 0 saturated carbocycles. The predicted molar refractivity (Wildman–Crippen MR) is 174 cm³/mol. The number of halogens is 1. The fraction of sp³-hybridized carbons (Fsp3) is 0.469. The first-order valence-electron chi connectivity index (χ1n) is 14.9. The fourth-order valence-corrected chi connectivity index (χ4v) is 3.85. The molecule has 0 aliphatic heterocycles. The van der Waals surface area contributed by atoms with Crippen LogP contribution in [0.15, 0.2) is 69.6 Å². The first-order chi connectivity index (χ1) is 22.0. The number of fused-ring (bicyclic) bond motifs is 1. The molecule has 13 heteroatoms. The SMILES string of the molecule is CC.N/C(=C\N(N)CCOCCOCCOCCOCCOCCCl)COc1c(O)ccc2c(=O)cc(-c3ccccc3)oc12. The number of phenolic OH excluding ortho intramolecular Hbond substituents is 1. The van der Waals surface area contributed by atoms with Crippen LogP contribution < -0.4 is 21.7 Å². The summed E-state index contributed by atoms with van der Waals surface area (Å²) in [5.41, 5.74) is 6.95. The molecule has 1 aromatic heterocycles. The van der Waals surface area contributed by atoms with Crippen molar-refractivity contribution in [2.45, 2.75) is 13.8 Å². The Balaban J connectivity index is 0.00000345. The van der Waals surface area contributed by atoms with Crippen LogP contribution in [0.2, 0.25) is 0 Å². The van der Waals surface area contributed by atoms with Crippen LogP contribution in [0.1, 0.15) is 13.8 Å². The minimum atomic E-state index is -0.262. The minimum absolute atomic E-state index is 0.0123. The van der Waals surface area contributed by atoms with Crippen LogP contribution in [-0.4, -0.2) is 95.2 Å². The first kappa shape index (κ1) is 37.8. The molecule has 0 aliphatic rings. The van der Waals surface area contributed by atoms with E-state index in [1.807, 2.05) is 44.2 Å². The van der Waals surface area contributed by atoms with Crippen molar-refractivity contribution in [3.63, 3.8) is 0 Å². The van der Waals surface area contributed by atoms with Gasteiger partial charge in [-0.05, 0) is 12.1 Å². The van der Waals surface area contributed by atoms with Gasteiger partial charge in [0.2, 0.25) is 5.75 Å². The Hall–Kier alpha value is -3.36. The lowest BCUT2D eigenvalue weighted by Crippen LogP contribution is -2.31. The number of benzene rings is 2. The highest BCUT2D eigenvalue weighted by atomic mass is 35.5. The van der Waals surface area contributed by atoms with E-state index in [0.29, 0.717) is 84.3 Å². The van der Waals surface area contributed by atoms with Gasteiger partial charge in [0.1, 0.15) is 12.4 Å². The topological polar surface area (TPSA) is 161 Å². The molecule has 45 heavy (non-hydrogen) atoms. The van der Waals surface area contributed by atoms with Gasteiger partial charge < -0.3 is 48.7 Å². The number of nitrogens with zero attached hydrogens (tertiary/aromatic N) is 1. The number of aromatic hydroxyl groups is 1. The van der Waals surface area contributed by atoms with Crippen molar-refractivity contribution in [3.8, 4) is 22.8 Å². The van der Waals surface area contributed by atoms with Crippen molar-refractivity contribution >= 4 is 22.6 Å². The molecule has 5 N–H and O–H groups in total. The van der Waals surface area contributed by atoms with Crippen LogP contribution >= 0.6 is 11.6 Å². The maximum Gasteiger partial charge on any atom is 0.205 e. The number of hydrazine groups is 1. The molecule has 0 saturated heterocycles. The van der Waals surface area contributed by atoms with E-state index in [4.69, 9.17) is 56.0 Å². The highest BCUT2D eigenvalue weighted by Crippen LogP contribution is 2.35. The molecule has 0 fully saturated rings. The summed E-state index contributed by atoms with van der Waals surface area (Å²) in [6.45, 7) is 8.89. The lowest BCUT2D eigenvalue weighted by atomic mass is 10.1. The number of hydrogen-bond donors (Lipinski definition) is 3. The molecule has 12 nitrogen and oxygen atoms in total. The van der Waals surface area contributed by atoms with Gasteiger partial charge in [0.05, 0.1) is 83.7 Å². The molecule has 0 atom stereocenters. The van der Waals surface area contributed by atoms with E-state index in [-0.39, 0.29) is 40.2 Å². The average Bonchev–Trinajstić information content (AvgIpc) is 3.05. The van der Waals surface area contributed by atoms with E-state index in [1.54, 1.807) is 0 Å². The summed E-state index contributed by atoms with van der Waals surface area (Å²) in [6, 6.07) is 13.4. The van der Waals surface area contributed by atoms with Crippen LogP contribution in [0.4, 0.5) is 0 Å². The number of hydrogen-bond acceptors (Lipinski definition) is 12. The maximum atomic E-state index is 12.7. The Labute approximate surface area is 269 Å². The maximum absolute atomic E-state index is 12.7. The molecule has 3 rings (SSSR count). The monoisotopic (exact) mass is 651 g/mol. The summed E-state index contributed by atoms with van der Waals surface area (Å²) < 4.78 is 38.7. The lowest BCUT2D eigenvalue weighted by molar-refractivity contribution is -0.0108. The Bertz CT molecular complexity index is 1310. The summed E-state index contributed by atoms with van der Waals surface area (Å²) in [4.78, 5) is 12.7. The second kappa shape index (κ2) is 23.0. The van der Waals surface area contributed by atoms with Crippen molar-refractivity contribution in [3.05, 3.63) is 70.7 Å². The van der Waals surface area contributed by atoms with E-state index in [2.05, 4.69) is 0 Å². The minimum Gasteiger partial charge on any atom is -0.504 e. The Morgan fingerprint density at radius 2 is 1.42 bits per heavy atom. The highest BCUT2D eigenvalue weighted by molar-refractivity contribution is 6.17. The third kappa shape index (κ3) is 14.5. The average molecular weight is 652 g/mol. The third-order valence-electron chi connectivity index (χ3n) is 5.81. The standard InChI is InChI=1S/C30H40ClN3O9.C2H6/c31-8-10-37-12-14-39-16-18-41-19-17-40-15-13-38-11-9-34(33)21-24(32)22-42-30-26(35)7-6-25-27(36)20-28(43-29(25)30)23-4-2-1-3-5-23;1-2/h1-7,20-21,35H,8-19,22,32-33H2;1-2H3/b24-21-;. The zero-order valence-electron chi connectivity index (χ0n) is 26.1. The van der Waals surface area contributed by atoms with Gasteiger partial charge in [-0.1, -0.05) is 44.2 Å². The number of alkyl halides is 1. The molecule has 0 unspecified atom stereocenters. The van der Waals surface area contributed by atoms with Gasteiger partial charge in [-0.25, -0.2) is 5.84 Å². The van der Waals surface area contributed by atoms with Crippen molar-refractivity contribution in [2.75, 3.05) is 85.1 Å². The van der Waals surface area contributed by atoms with E-state index >= 15 is 0 Å². The van der Waals surface area contributed by atoms with E-state index < -0.39 is 0 Å².